The maximum Gasteiger partial charge on any atom is 0.337 e. The number of hydrogen-bond donors (Lipinski definition) is 1. The number of rotatable bonds is 5. The Morgan fingerprint density at radius 1 is 1.40 bits per heavy atom. The van der Waals surface area contributed by atoms with Crippen LogP contribution in [0.15, 0.2) is 30.5 Å². The van der Waals surface area contributed by atoms with E-state index in [1.54, 1.807) is 12.1 Å². The highest BCUT2D eigenvalue weighted by Crippen LogP contribution is 2.24. The summed E-state index contributed by atoms with van der Waals surface area (Å²) in [7, 11) is 0. The normalized spacial score (nSPS) is 11.4. The highest BCUT2D eigenvalue weighted by atomic mass is 16.4. The second-order valence-corrected chi connectivity index (χ2v) is 5.66. The van der Waals surface area contributed by atoms with Crippen LogP contribution < -0.4 is 0 Å². The van der Waals surface area contributed by atoms with Gasteiger partial charge < -0.3 is 9.67 Å². The minimum absolute atomic E-state index is 0.326. The third-order valence-electron chi connectivity index (χ3n) is 3.52. The van der Waals surface area contributed by atoms with Crippen LogP contribution in [-0.2, 0) is 6.54 Å². The van der Waals surface area contributed by atoms with Gasteiger partial charge in [0.05, 0.1) is 22.6 Å². The van der Waals surface area contributed by atoms with E-state index in [4.69, 9.17) is 5.26 Å². The molecule has 0 aliphatic carbocycles. The van der Waals surface area contributed by atoms with Crippen LogP contribution >= 0.6 is 0 Å². The maximum absolute atomic E-state index is 11.3. The van der Waals surface area contributed by atoms with E-state index in [0.717, 1.165) is 30.3 Å². The second kappa shape index (κ2) is 5.38. The summed E-state index contributed by atoms with van der Waals surface area (Å²) in [6.45, 7) is 4.56. The molecular weight excluding hydrogens is 252 g/mol. The number of nitriles is 1. The Morgan fingerprint density at radius 2 is 2.15 bits per heavy atom. The number of carbonyl (C=O) groups is 1. The molecule has 0 spiro atoms. The molecule has 2 aromatic rings. The minimum Gasteiger partial charge on any atom is -0.478 e. The average Bonchev–Trinajstić information content (AvgIpc) is 2.82. The van der Waals surface area contributed by atoms with Crippen LogP contribution in [0.5, 0.6) is 0 Å². The van der Waals surface area contributed by atoms with E-state index in [9.17, 15) is 9.90 Å². The summed E-state index contributed by atoms with van der Waals surface area (Å²) in [5.41, 5.74) is 0.750. The lowest BCUT2D eigenvalue weighted by Gasteiger charge is -2.15. The molecule has 1 aromatic carbocycles. The van der Waals surface area contributed by atoms with Gasteiger partial charge in [-0.05, 0) is 38.8 Å². The molecule has 0 atom stereocenters. The van der Waals surface area contributed by atoms with Crippen molar-refractivity contribution in [2.45, 2.75) is 33.2 Å². The number of aromatic nitrogens is 1. The fraction of sp³-hybridized carbons (Fsp3) is 0.375. The van der Waals surface area contributed by atoms with E-state index in [2.05, 4.69) is 6.07 Å². The number of fused-ring (bicyclic) bond motifs is 1. The Kier molecular flexibility index (Phi) is 3.80. The van der Waals surface area contributed by atoms with Gasteiger partial charge in [-0.3, -0.25) is 0 Å². The van der Waals surface area contributed by atoms with Crippen LogP contribution in [0.4, 0.5) is 0 Å². The van der Waals surface area contributed by atoms with Gasteiger partial charge in [0, 0.05) is 18.1 Å². The van der Waals surface area contributed by atoms with Crippen LogP contribution in [0, 0.1) is 16.7 Å². The Bertz CT molecular complexity index is 677. The third kappa shape index (κ3) is 2.83. The van der Waals surface area contributed by atoms with Crippen molar-refractivity contribution in [2.24, 2.45) is 5.41 Å². The van der Waals surface area contributed by atoms with Crippen molar-refractivity contribution in [2.75, 3.05) is 0 Å². The minimum atomic E-state index is -0.909. The predicted octanol–water partition coefficient (Wildman–Crippen LogP) is 3.67. The fourth-order valence-electron chi connectivity index (χ4n) is 2.37. The lowest BCUT2D eigenvalue weighted by atomic mass is 9.90. The first-order chi connectivity index (χ1) is 9.44. The number of carboxylic acids is 1. The topological polar surface area (TPSA) is 66.0 Å². The van der Waals surface area contributed by atoms with E-state index < -0.39 is 5.97 Å². The summed E-state index contributed by atoms with van der Waals surface area (Å²) in [5, 5.41) is 19.2. The average molecular weight is 270 g/mol. The Hall–Kier alpha value is -2.28. The molecule has 0 saturated carbocycles. The summed E-state index contributed by atoms with van der Waals surface area (Å²) >= 11 is 0. The first-order valence-corrected chi connectivity index (χ1v) is 6.67. The SMILES string of the molecule is CC(C)(C#N)CCCn1ccc2cccc(C(=O)O)c21. The molecular formula is C16H18N2O2. The molecule has 4 nitrogen and oxygen atoms in total. The summed E-state index contributed by atoms with van der Waals surface area (Å²) in [5.74, 6) is -0.909. The van der Waals surface area contributed by atoms with Crippen molar-refractivity contribution in [3.05, 3.63) is 36.0 Å². The number of aryl methyl sites for hydroxylation is 1. The standard InChI is InChI=1S/C16H18N2O2/c1-16(2,11-17)8-4-9-18-10-7-12-5-3-6-13(14(12)18)15(19)20/h3,5-7,10H,4,8-9H2,1-2H3,(H,19,20). The predicted molar refractivity (Wildman–Crippen MR) is 77.5 cm³/mol. The van der Waals surface area contributed by atoms with Crippen molar-refractivity contribution in [1.29, 1.82) is 5.26 Å². The molecule has 0 amide bonds. The van der Waals surface area contributed by atoms with Crippen molar-refractivity contribution in [1.82, 2.24) is 4.57 Å². The van der Waals surface area contributed by atoms with E-state index in [1.807, 2.05) is 36.7 Å². The van der Waals surface area contributed by atoms with Crippen LogP contribution in [0.1, 0.15) is 37.0 Å². The molecule has 4 heteroatoms. The molecule has 2 rings (SSSR count). The van der Waals surface area contributed by atoms with Gasteiger partial charge in [-0.25, -0.2) is 4.79 Å². The van der Waals surface area contributed by atoms with E-state index in [0.29, 0.717) is 5.56 Å². The molecule has 1 heterocycles. The summed E-state index contributed by atoms with van der Waals surface area (Å²) in [6, 6.07) is 9.51. The summed E-state index contributed by atoms with van der Waals surface area (Å²) in [6.07, 6.45) is 3.55. The zero-order valence-corrected chi connectivity index (χ0v) is 11.8. The molecule has 20 heavy (non-hydrogen) atoms. The van der Waals surface area contributed by atoms with Crippen molar-refractivity contribution >= 4 is 16.9 Å². The maximum atomic E-state index is 11.3. The Labute approximate surface area is 118 Å². The van der Waals surface area contributed by atoms with Crippen LogP contribution in [0.2, 0.25) is 0 Å². The molecule has 0 radical (unpaired) electrons. The molecule has 0 unspecified atom stereocenters. The van der Waals surface area contributed by atoms with Gasteiger partial charge in [0.15, 0.2) is 0 Å². The van der Waals surface area contributed by atoms with E-state index in [1.165, 1.54) is 0 Å². The van der Waals surface area contributed by atoms with Crippen molar-refractivity contribution in [3.63, 3.8) is 0 Å². The zero-order valence-electron chi connectivity index (χ0n) is 11.8. The van der Waals surface area contributed by atoms with Gasteiger partial charge >= 0.3 is 5.97 Å². The number of carboxylic acid groups (broad SMARTS) is 1. The number of para-hydroxylation sites is 1. The molecule has 0 fully saturated rings. The largest absolute Gasteiger partial charge is 0.478 e. The van der Waals surface area contributed by atoms with Gasteiger partial charge in [-0.15, -0.1) is 0 Å². The Morgan fingerprint density at radius 3 is 2.80 bits per heavy atom. The lowest BCUT2D eigenvalue weighted by Crippen LogP contribution is -2.10. The molecule has 0 aliphatic heterocycles. The highest BCUT2D eigenvalue weighted by Gasteiger charge is 2.17. The summed E-state index contributed by atoms with van der Waals surface area (Å²) < 4.78 is 1.96. The van der Waals surface area contributed by atoms with Crippen molar-refractivity contribution < 1.29 is 9.90 Å². The molecule has 0 saturated heterocycles. The van der Waals surface area contributed by atoms with Crippen LogP contribution in [0.3, 0.4) is 0 Å². The van der Waals surface area contributed by atoms with Gasteiger partial charge in [-0.1, -0.05) is 12.1 Å². The zero-order chi connectivity index (χ0) is 14.8. The number of aromatic carboxylic acids is 1. The quantitative estimate of drug-likeness (QED) is 0.901. The first kappa shape index (κ1) is 14.1. The van der Waals surface area contributed by atoms with Crippen LogP contribution in [0.25, 0.3) is 10.9 Å². The monoisotopic (exact) mass is 270 g/mol. The summed E-state index contributed by atoms with van der Waals surface area (Å²) in [4.78, 5) is 11.3. The van der Waals surface area contributed by atoms with Crippen molar-refractivity contribution in [3.8, 4) is 6.07 Å². The Balaban J connectivity index is 2.23. The number of benzene rings is 1. The van der Waals surface area contributed by atoms with E-state index in [-0.39, 0.29) is 5.41 Å². The number of nitrogens with zero attached hydrogens (tertiary/aromatic N) is 2. The molecule has 1 N–H and O–H groups in total. The highest BCUT2D eigenvalue weighted by molar-refractivity contribution is 6.02. The molecule has 0 aliphatic rings. The third-order valence-corrected chi connectivity index (χ3v) is 3.52. The van der Waals surface area contributed by atoms with E-state index >= 15 is 0 Å². The van der Waals surface area contributed by atoms with Gasteiger partial charge in [0.2, 0.25) is 0 Å². The number of hydrogen-bond acceptors (Lipinski definition) is 2. The lowest BCUT2D eigenvalue weighted by molar-refractivity contribution is 0.0698. The molecule has 0 bridgehead atoms. The first-order valence-electron chi connectivity index (χ1n) is 6.67. The molecule has 1 aromatic heterocycles. The molecule has 104 valence electrons. The second-order valence-electron chi connectivity index (χ2n) is 5.66. The van der Waals surface area contributed by atoms with Gasteiger partial charge in [0.25, 0.3) is 0 Å². The van der Waals surface area contributed by atoms with Gasteiger partial charge in [0.1, 0.15) is 0 Å². The smallest absolute Gasteiger partial charge is 0.337 e. The van der Waals surface area contributed by atoms with Gasteiger partial charge in [-0.2, -0.15) is 5.26 Å². The van der Waals surface area contributed by atoms with Crippen LogP contribution in [-0.4, -0.2) is 15.6 Å². The fourth-order valence-corrected chi connectivity index (χ4v) is 2.37.